The van der Waals surface area contributed by atoms with E-state index in [1.54, 1.807) is 19.2 Å². The van der Waals surface area contributed by atoms with Crippen LogP contribution in [0.2, 0.25) is 0 Å². The summed E-state index contributed by atoms with van der Waals surface area (Å²) in [6.45, 7) is 0. The lowest BCUT2D eigenvalue weighted by atomic mass is 10.2. The number of carbonyl (C=O) groups is 1. The Morgan fingerprint density at radius 1 is 1.06 bits per heavy atom. The Morgan fingerprint density at radius 3 is 2.33 bits per heavy atom. The Kier molecular flexibility index (Phi) is 3.63. The molecule has 0 aromatic heterocycles. The standard InChI is InChI=1S/C15H15NO2/c1-16(13-9-7-12(11-17)8-10-13)14-5-3-4-6-15(14)18-2/h3-11H,1-2H3. The average Bonchev–Trinajstić information content (AvgIpc) is 2.46. The number of methoxy groups -OCH3 is 1. The van der Waals surface area contributed by atoms with Crippen LogP contribution >= 0.6 is 0 Å². The minimum atomic E-state index is 0.673. The smallest absolute Gasteiger partial charge is 0.150 e. The molecule has 0 unspecified atom stereocenters. The molecule has 0 fully saturated rings. The second kappa shape index (κ2) is 5.36. The molecule has 0 heterocycles. The van der Waals surface area contributed by atoms with Crippen molar-refractivity contribution < 1.29 is 9.53 Å². The molecule has 0 aliphatic rings. The molecule has 0 amide bonds. The van der Waals surface area contributed by atoms with Gasteiger partial charge in [0.15, 0.2) is 0 Å². The highest BCUT2D eigenvalue weighted by Gasteiger charge is 2.08. The van der Waals surface area contributed by atoms with Gasteiger partial charge in [0, 0.05) is 18.3 Å². The Bertz CT molecular complexity index is 534. The Morgan fingerprint density at radius 2 is 1.72 bits per heavy atom. The number of ether oxygens (including phenoxy) is 1. The lowest BCUT2D eigenvalue weighted by molar-refractivity contribution is 0.112. The third-order valence-electron chi connectivity index (χ3n) is 2.86. The number of anilines is 2. The van der Waals surface area contributed by atoms with E-state index >= 15 is 0 Å². The van der Waals surface area contributed by atoms with Gasteiger partial charge in [-0.15, -0.1) is 0 Å². The van der Waals surface area contributed by atoms with Gasteiger partial charge < -0.3 is 9.64 Å². The topological polar surface area (TPSA) is 29.5 Å². The predicted octanol–water partition coefficient (Wildman–Crippen LogP) is 3.28. The normalized spacial score (nSPS) is 9.89. The molecule has 0 saturated carbocycles. The van der Waals surface area contributed by atoms with Crippen molar-refractivity contribution in [2.75, 3.05) is 19.1 Å². The van der Waals surface area contributed by atoms with Gasteiger partial charge in [0.05, 0.1) is 12.8 Å². The molecule has 0 radical (unpaired) electrons. The van der Waals surface area contributed by atoms with Gasteiger partial charge in [-0.3, -0.25) is 4.79 Å². The predicted molar refractivity (Wildman–Crippen MR) is 72.9 cm³/mol. The molecule has 92 valence electrons. The van der Waals surface area contributed by atoms with E-state index in [1.807, 2.05) is 48.3 Å². The first kappa shape index (κ1) is 12.2. The van der Waals surface area contributed by atoms with Gasteiger partial charge in [0.1, 0.15) is 12.0 Å². The Hall–Kier alpha value is -2.29. The fraction of sp³-hybridized carbons (Fsp3) is 0.133. The quantitative estimate of drug-likeness (QED) is 0.769. The number of para-hydroxylation sites is 2. The first-order valence-electron chi connectivity index (χ1n) is 5.68. The molecule has 0 N–H and O–H groups in total. The molecular weight excluding hydrogens is 226 g/mol. The second-order valence-corrected chi connectivity index (χ2v) is 3.94. The van der Waals surface area contributed by atoms with Crippen LogP contribution in [0.1, 0.15) is 10.4 Å². The fourth-order valence-electron chi connectivity index (χ4n) is 1.82. The van der Waals surface area contributed by atoms with Crippen molar-refractivity contribution >= 4 is 17.7 Å². The van der Waals surface area contributed by atoms with Crippen LogP contribution in [0.5, 0.6) is 5.75 Å². The minimum absolute atomic E-state index is 0.673. The van der Waals surface area contributed by atoms with E-state index < -0.39 is 0 Å². The Balaban J connectivity index is 2.34. The van der Waals surface area contributed by atoms with E-state index in [0.29, 0.717) is 5.56 Å². The maximum absolute atomic E-state index is 10.6. The van der Waals surface area contributed by atoms with Gasteiger partial charge >= 0.3 is 0 Å². The summed E-state index contributed by atoms with van der Waals surface area (Å²) in [5.41, 5.74) is 2.66. The molecule has 0 atom stereocenters. The van der Waals surface area contributed by atoms with Crippen molar-refractivity contribution in [1.82, 2.24) is 0 Å². The van der Waals surface area contributed by atoms with Crippen molar-refractivity contribution in [1.29, 1.82) is 0 Å². The average molecular weight is 241 g/mol. The SMILES string of the molecule is COc1ccccc1N(C)c1ccc(C=O)cc1. The summed E-state index contributed by atoms with van der Waals surface area (Å²) in [6.07, 6.45) is 0.840. The van der Waals surface area contributed by atoms with Crippen LogP contribution in [0.3, 0.4) is 0 Å². The molecule has 2 aromatic rings. The van der Waals surface area contributed by atoms with Crippen molar-refractivity contribution in [3.8, 4) is 5.75 Å². The van der Waals surface area contributed by atoms with Gasteiger partial charge in [-0.25, -0.2) is 0 Å². The second-order valence-electron chi connectivity index (χ2n) is 3.94. The van der Waals surface area contributed by atoms with E-state index in [4.69, 9.17) is 4.74 Å². The highest BCUT2D eigenvalue weighted by Crippen LogP contribution is 2.31. The maximum Gasteiger partial charge on any atom is 0.150 e. The largest absolute Gasteiger partial charge is 0.495 e. The first-order valence-corrected chi connectivity index (χ1v) is 5.68. The van der Waals surface area contributed by atoms with Gasteiger partial charge in [-0.1, -0.05) is 12.1 Å². The van der Waals surface area contributed by atoms with Crippen LogP contribution in [0, 0.1) is 0 Å². The molecule has 0 aliphatic carbocycles. The summed E-state index contributed by atoms with van der Waals surface area (Å²) < 4.78 is 5.34. The highest BCUT2D eigenvalue weighted by atomic mass is 16.5. The lowest BCUT2D eigenvalue weighted by Crippen LogP contribution is -2.10. The molecule has 0 saturated heterocycles. The third-order valence-corrected chi connectivity index (χ3v) is 2.86. The molecule has 0 aliphatic heterocycles. The van der Waals surface area contributed by atoms with Crippen molar-refractivity contribution in [3.63, 3.8) is 0 Å². The van der Waals surface area contributed by atoms with Crippen LogP contribution in [-0.4, -0.2) is 20.4 Å². The number of hydrogen-bond acceptors (Lipinski definition) is 3. The minimum Gasteiger partial charge on any atom is -0.495 e. The number of aldehydes is 1. The molecular formula is C15H15NO2. The molecule has 2 aromatic carbocycles. The van der Waals surface area contributed by atoms with Crippen LogP contribution in [0.4, 0.5) is 11.4 Å². The van der Waals surface area contributed by atoms with E-state index in [2.05, 4.69) is 0 Å². The number of carbonyl (C=O) groups excluding carboxylic acids is 1. The molecule has 18 heavy (non-hydrogen) atoms. The Labute approximate surface area is 107 Å². The number of rotatable bonds is 4. The van der Waals surface area contributed by atoms with Crippen LogP contribution in [0.15, 0.2) is 48.5 Å². The summed E-state index contributed by atoms with van der Waals surface area (Å²) in [4.78, 5) is 12.6. The molecule has 0 spiro atoms. The fourth-order valence-corrected chi connectivity index (χ4v) is 1.82. The van der Waals surface area contributed by atoms with Crippen molar-refractivity contribution in [3.05, 3.63) is 54.1 Å². The zero-order chi connectivity index (χ0) is 13.0. The number of benzene rings is 2. The van der Waals surface area contributed by atoms with Crippen LogP contribution in [-0.2, 0) is 0 Å². The summed E-state index contributed by atoms with van der Waals surface area (Å²) in [5, 5.41) is 0. The summed E-state index contributed by atoms with van der Waals surface area (Å²) in [7, 11) is 3.62. The molecule has 2 rings (SSSR count). The van der Waals surface area contributed by atoms with Gasteiger partial charge in [0.25, 0.3) is 0 Å². The van der Waals surface area contributed by atoms with E-state index in [1.165, 1.54) is 0 Å². The van der Waals surface area contributed by atoms with Gasteiger partial charge in [-0.2, -0.15) is 0 Å². The monoisotopic (exact) mass is 241 g/mol. The number of nitrogens with zero attached hydrogens (tertiary/aromatic N) is 1. The van der Waals surface area contributed by atoms with E-state index in [-0.39, 0.29) is 0 Å². The first-order chi connectivity index (χ1) is 8.76. The molecule has 0 bridgehead atoms. The van der Waals surface area contributed by atoms with E-state index in [0.717, 1.165) is 23.4 Å². The molecule has 3 nitrogen and oxygen atoms in total. The third kappa shape index (κ3) is 2.35. The van der Waals surface area contributed by atoms with E-state index in [9.17, 15) is 4.79 Å². The summed E-state index contributed by atoms with van der Waals surface area (Å²) in [6, 6.07) is 15.2. The summed E-state index contributed by atoms with van der Waals surface area (Å²) >= 11 is 0. The van der Waals surface area contributed by atoms with Gasteiger partial charge in [0.2, 0.25) is 0 Å². The zero-order valence-electron chi connectivity index (χ0n) is 10.5. The van der Waals surface area contributed by atoms with Crippen molar-refractivity contribution in [2.24, 2.45) is 0 Å². The van der Waals surface area contributed by atoms with Crippen molar-refractivity contribution in [2.45, 2.75) is 0 Å². The van der Waals surface area contributed by atoms with Crippen LogP contribution in [0.25, 0.3) is 0 Å². The zero-order valence-corrected chi connectivity index (χ0v) is 10.5. The van der Waals surface area contributed by atoms with Crippen LogP contribution < -0.4 is 9.64 Å². The number of hydrogen-bond donors (Lipinski definition) is 0. The lowest BCUT2D eigenvalue weighted by Gasteiger charge is -2.21. The summed E-state index contributed by atoms with van der Waals surface area (Å²) in [5.74, 6) is 0.819. The maximum atomic E-state index is 10.6. The highest BCUT2D eigenvalue weighted by molar-refractivity contribution is 5.77. The molecule has 3 heteroatoms. The van der Waals surface area contributed by atoms with Gasteiger partial charge in [-0.05, 0) is 36.4 Å².